The van der Waals surface area contributed by atoms with E-state index in [1.165, 1.54) is 11.8 Å². The maximum absolute atomic E-state index is 12.5. The molecule has 29 heavy (non-hydrogen) atoms. The number of aromatic nitrogens is 3. The third-order valence-corrected chi connectivity index (χ3v) is 5.95. The molecule has 1 saturated heterocycles. The summed E-state index contributed by atoms with van der Waals surface area (Å²) in [6.07, 6.45) is 3.86. The Kier molecular flexibility index (Phi) is 6.01. The number of anilines is 1. The maximum Gasteiger partial charge on any atom is 0.234 e. The molecular formula is C21H24N4O3S. The van der Waals surface area contributed by atoms with Crippen LogP contribution in [0.15, 0.2) is 46.2 Å². The number of furan rings is 1. The molecule has 152 valence electrons. The van der Waals surface area contributed by atoms with Gasteiger partial charge in [0.2, 0.25) is 5.91 Å². The van der Waals surface area contributed by atoms with E-state index in [2.05, 4.69) is 15.5 Å². The molecule has 8 heteroatoms. The minimum Gasteiger partial charge on any atom is -0.469 e. The van der Waals surface area contributed by atoms with Crippen LogP contribution in [0.3, 0.4) is 0 Å². The Morgan fingerprint density at radius 3 is 2.86 bits per heavy atom. The second-order valence-corrected chi connectivity index (χ2v) is 8.04. The van der Waals surface area contributed by atoms with Crippen molar-refractivity contribution in [3.05, 3.63) is 47.9 Å². The molecule has 2 aromatic heterocycles. The Hall–Kier alpha value is -2.58. The zero-order chi connectivity index (χ0) is 20.2. The normalized spacial score (nSPS) is 16.3. The van der Waals surface area contributed by atoms with Gasteiger partial charge in [-0.15, -0.1) is 10.2 Å². The first-order valence-corrected chi connectivity index (χ1v) is 10.7. The molecule has 0 bridgehead atoms. The largest absolute Gasteiger partial charge is 0.469 e. The third-order valence-electron chi connectivity index (χ3n) is 4.98. The highest BCUT2D eigenvalue weighted by Crippen LogP contribution is 2.29. The van der Waals surface area contributed by atoms with Crippen LogP contribution in [0.5, 0.6) is 0 Å². The number of thioether (sulfide) groups is 1. The molecule has 1 aliphatic rings. The van der Waals surface area contributed by atoms with E-state index >= 15 is 0 Å². The number of hydrogen-bond donors (Lipinski definition) is 1. The molecule has 7 nitrogen and oxygen atoms in total. The topological polar surface area (TPSA) is 82.2 Å². The molecule has 1 N–H and O–H groups in total. The van der Waals surface area contributed by atoms with Gasteiger partial charge in [0.1, 0.15) is 5.76 Å². The fraction of sp³-hybridized carbons (Fsp3) is 0.381. The standard InChI is InChI=1S/C21H24N4O3S/c1-14-6-3-4-8-18(14)22-19(26)13-29-21-24-23-20(17-9-11-27-15(17)2)25(21)12-16-7-5-10-28-16/h3-4,6,8-9,11,16H,5,7,10,12-13H2,1-2H3,(H,22,26)/t16-/m0/s1. The van der Waals surface area contributed by atoms with Gasteiger partial charge in [0, 0.05) is 12.3 Å². The molecule has 1 fully saturated rings. The average Bonchev–Trinajstić information content (AvgIpc) is 3.44. The van der Waals surface area contributed by atoms with Crippen LogP contribution in [0.2, 0.25) is 0 Å². The summed E-state index contributed by atoms with van der Waals surface area (Å²) in [5.41, 5.74) is 2.77. The number of carbonyl (C=O) groups is 1. The number of amides is 1. The van der Waals surface area contributed by atoms with Crippen molar-refractivity contribution in [3.8, 4) is 11.4 Å². The zero-order valence-corrected chi connectivity index (χ0v) is 17.4. The summed E-state index contributed by atoms with van der Waals surface area (Å²) in [7, 11) is 0. The first kappa shape index (κ1) is 19.7. The lowest BCUT2D eigenvalue weighted by Crippen LogP contribution is -2.18. The summed E-state index contributed by atoms with van der Waals surface area (Å²) in [5.74, 6) is 1.72. The van der Waals surface area contributed by atoms with Gasteiger partial charge in [0.15, 0.2) is 11.0 Å². The molecule has 0 saturated carbocycles. The van der Waals surface area contributed by atoms with Crippen molar-refractivity contribution in [1.82, 2.24) is 14.8 Å². The summed E-state index contributed by atoms with van der Waals surface area (Å²) < 4.78 is 13.3. The van der Waals surface area contributed by atoms with Gasteiger partial charge in [-0.3, -0.25) is 9.36 Å². The number of rotatable bonds is 7. The molecule has 1 aromatic carbocycles. The minimum absolute atomic E-state index is 0.0722. The number of ether oxygens (including phenoxy) is 1. The molecular weight excluding hydrogens is 388 g/mol. The van der Waals surface area contributed by atoms with E-state index in [0.29, 0.717) is 11.7 Å². The monoisotopic (exact) mass is 412 g/mol. The number of aryl methyl sites for hydroxylation is 2. The van der Waals surface area contributed by atoms with Crippen LogP contribution in [0.4, 0.5) is 5.69 Å². The quantitative estimate of drug-likeness (QED) is 0.589. The highest BCUT2D eigenvalue weighted by atomic mass is 32.2. The summed E-state index contributed by atoms with van der Waals surface area (Å²) >= 11 is 1.38. The van der Waals surface area contributed by atoms with Crippen LogP contribution in [0, 0.1) is 13.8 Å². The van der Waals surface area contributed by atoms with Crippen molar-refractivity contribution in [2.75, 3.05) is 17.7 Å². The SMILES string of the molecule is Cc1ccccc1NC(=O)CSc1nnc(-c2ccoc2C)n1C[C@@H]1CCCO1. The van der Waals surface area contributed by atoms with E-state index in [4.69, 9.17) is 9.15 Å². The molecule has 1 amide bonds. The molecule has 1 aliphatic heterocycles. The van der Waals surface area contributed by atoms with E-state index in [9.17, 15) is 4.79 Å². The van der Waals surface area contributed by atoms with Gasteiger partial charge in [-0.05, 0) is 44.4 Å². The van der Waals surface area contributed by atoms with Crippen LogP contribution in [0.25, 0.3) is 11.4 Å². The Labute approximate surface area is 173 Å². The van der Waals surface area contributed by atoms with Gasteiger partial charge < -0.3 is 14.5 Å². The predicted octanol–water partition coefficient (Wildman–Crippen LogP) is 4.06. The van der Waals surface area contributed by atoms with Gasteiger partial charge in [-0.1, -0.05) is 30.0 Å². The summed E-state index contributed by atoms with van der Waals surface area (Å²) in [6.45, 7) is 5.33. The number of hydrogen-bond acceptors (Lipinski definition) is 6. The summed E-state index contributed by atoms with van der Waals surface area (Å²) in [4.78, 5) is 12.5. The minimum atomic E-state index is -0.0722. The average molecular weight is 413 g/mol. The summed E-state index contributed by atoms with van der Waals surface area (Å²) in [6, 6.07) is 9.63. The molecule has 0 spiro atoms. The van der Waals surface area contributed by atoms with Crippen molar-refractivity contribution >= 4 is 23.4 Å². The van der Waals surface area contributed by atoms with E-state index in [1.807, 2.05) is 48.7 Å². The van der Waals surface area contributed by atoms with Crippen molar-refractivity contribution in [2.45, 2.75) is 44.5 Å². The number of para-hydroxylation sites is 1. The molecule has 0 unspecified atom stereocenters. The molecule has 3 aromatic rings. The van der Waals surface area contributed by atoms with Gasteiger partial charge in [-0.2, -0.15) is 0 Å². The lowest BCUT2D eigenvalue weighted by atomic mass is 10.2. The second-order valence-electron chi connectivity index (χ2n) is 7.09. The fourth-order valence-corrected chi connectivity index (χ4v) is 4.15. The lowest BCUT2D eigenvalue weighted by molar-refractivity contribution is -0.113. The van der Waals surface area contributed by atoms with Crippen LogP contribution < -0.4 is 5.32 Å². The van der Waals surface area contributed by atoms with E-state index in [0.717, 1.165) is 47.8 Å². The van der Waals surface area contributed by atoms with E-state index < -0.39 is 0 Å². The van der Waals surface area contributed by atoms with Crippen LogP contribution >= 0.6 is 11.8 Å². The number of carbonyl (C=O) groups excluding carboxylic acids is 1. The molecule has 0 radical (unpaired) electrons. The number of benzene rings is 1. The first-order chi connectivity index (χ1) is 14.1. The second kappa shape index (κ2) is 8.84. The smallest absolute Gasteiger partial charge is 0.234 e. The van der Waals surface area contributed by atoms with Gasteiger partial charge in [0.25, 0.3) is 0 Å². The highest BCUT2D eigenvalue weighted by Gasteiger charge is 2.23. The molecule has 1 atom stereocenters. The van der Waals surface area contributed by atoms with Crippen molar-refractivity contribution in [1.29, 1.82) is 0 Å². The lowest BCUT2D eigenvalue weighted by Gasteiger charge is -2.14. The van der Waals surface area contributed by atoms with Crippen molar-refractivity contribution in [3.63, 3.8) is 0 Å². The van der Waals surface area contributed by atoms with Gasteiger partial charge in [0.05, 0.1) is 30.2 Å². The Balaban J connectivity index is 1.50. The Morgan fingerprint density at radius 2 is 2.14 bits per heavy atom. The predicted molar refractivity (Wildman–Crippen MR) is 112 cm³/mol. The maximum atomic E-state index is 12.5. The number of nitrogens with zero attached hydrogens (tertiary/aromatic N) is 3. The molecule has 0 aliphatic carbocycles. The Bertz CT molecular complexity index is 991. The van der Waals surface area contributed by atoms with Crippen LogP contribution in [-0.2, 0) is 16.1 Å². The van der Waals surface area contributed by atoms with Crippen LogP contribution in [0.1, 0.15) is 24.2 Å². The first-order valence-electron chi connectivity index (χ1n) is 9.69. The van der Waals surface area contributed by atoms with E-state index in [-0.39, 0.29) is 17.8 Å². The molecule has 4 rings (SSSR count). The Morgan fingerprint density at radius 1 is 1.28 bits per heavy atom. The summed E-state index contributed by atoms with van der Waals surface area (Å²) in [5, 5.41) is 12.4. The van der Waals surface area contributed by atoms with Gasteiger partial charge >= 0.3 is 0 Å². The van der Waals surface area contributed by atoms with Crippen molar-refractivity contribution < 1.29 is 13.9 Å². The van der Waals surface area contributed by atoms with Crippen LogP contribution in [-0.4, -0.2) is 39.1 Å². The highest BCUT2D eigenvalue weighted by molar-refractivity contribution is 7.99. The van der Waals surface area contributed by atoms with Crippen molar-refractivity contribution in [2.24, 2.45) is 0 Å². The van der Waals surface area contributed by atoms with Gasteiger partial charge in [-0.25, -0.2) is 0 Å². The zero-order valence-electron chi connectivity index (χ0n) is 16.6. The molecule has 3 heterocycles. The third kappa shape index (κ3) is 4.54. The fourth-order valence-electron chi connectivity index (χ4n) is 3.40. The van der Waals surface area contributed by atoms with E-state index in [1.54, 1.807) is 6.26 Å². The number of nitrogens with one attached hydrogen (secondary N) is 1.